The van der Waals surface area contributed by atoms with E-state index in [0.717, 1.165) is 37.2 Å². The molecule has 0 aromatic heterocycles. The number of amides is 1. The van der Waals surface area contributed by atoms with Gasteiger partial charge in [-0.05, 0) is 37.2 Å². The van der Waals surface area contributed by atoms with Crippen LogP contribution in [0.4, 0.5) is 4.39 Å². The maximum Gasteiger partial charge on any atom is 0.224 e. The molecular formula is C16H22ClFN2O3S. The Balaban J connectivity index is 0.00000288. The van der Waals surface area contributed by atoms with Gasteiger partial charge in [0.25, 0.3) is 0 Å². The van der Waals surface area contributed by atoms with E-state index in [4.69, 9.17) is 0 Å². The van der Waals surface area contributed by atoms with E-state index < -0.39 is 21.6 Å². The second kappa shape index (κ2) is 9.15. The predicted molar refractivity (Wildman–Crippen MR) is 93.4 cm³/mol. The van der Waals surface area contributed by atoms with Crippen LogP contribution in [-0.4, -0.2) is 39.7 Å². The Bertz CT molecular complexity index is 690. The summed E-state index contributed by atoms with van der Waals surface area (Å²) in [5, 5.41) is 5.96. The van der Waals surface area contributed by atoms with Crippen LogP contribution in [0.2, 0.25) is 0 Å². The minimum atomic E-state index is -3.62. The van der Waals surface area contributed by atoms with Crippen molar-refractivity contribution < 1.29 is 17.6 Å². The molecule has 0 bridgehead atoms. The summed E-state index contributed by atoms with van der Waals surface area (Å²) in [6.07, 6.45) is 2.91. The van der Waals surface area contributed by atoms with Gasteiger partial charge in [0, 0.05) is 19.0 Å². The molecule has 0 radical (unpaired) electrons. The van der Waals surface area contributed by atoms with E-state index in [1.54, 1.807) is 6.92 Å². The average Bonchev–Trinajstić information content (AvgIpc) is 2.53. The summed E-state index contributed by atoms with van der Waals surface area (Å²) in [7, 11) is -3.62. The second-order valence-electron chi connectivity index (χ2n) is 5.67. The summed E-state index contributed by atoms with van der Waals surface area (Å²) < 4.78 is 37.4. The third-order valence-electron chi connectivity index (χ3n) is 3.74. The number of halogens is 2. The maximum atomic E-state index is 12.9. The van der Waals surface area contributed by atoms with E-state index in [-0.39, 0.29) is 29.0 Å². The molecule has 1 aromatic carbocycles. The Labute approximate surface area is 148 Å². The Morgan fingerprint density at radius 2 is 2.00 bits per heavy atom. The molecule has 0 aliphatic carbocycles. The molecule has 1 aliphatic rings. The van der Waals surface area contributed by atoms with Crippen LogP contribution >= 0.6 is 12.4 Å². The summed E-state index contributed by atoms with van der Waals surface area (Å²) >= 11 is 0. The lowest BCUT2D eigenvalue weighted by Crippen LogP contribution is -2.35. The van der Waals surface area contributed by atoms with E-state index in [2.05, 4.69) is 10.6 Å². The molecule has 2 N–H and O–H groups in total. The molecule has 0 saturated heterocycles. The number of hydrogen-bond acceptors (Lipinski definition) is 4. The number of hydrogen-bond donors (Lipinski definition) is 2. The van der Waals surface area contributed by atoms with E-state index in [1.807, 2.05) is 6.08 Å². The van der Waals surface area contributed by atoms with Gasteiger partial charge in [-0.25, -0.2) is 12.8 Å². The van der Waals surface area contributed by atoms with Crippen molar-refractivity contribution in [1.82, 2.24) is 10.6 Å². The van der Waals surface area contributed by atoms with Crippen molar-refractivity contribution in [2.45, 2.75) is 18.2 Å². The van der Waals surface area contributed by atoms with Crippen molar-refractivity contribution in [3.8, 4) is 0 Å². The molecular weight excluding hydrogens is 355 g/mol. The van der Waals surface area contributed by atoms with Crippen molar-refractivity contribution >= 4 is 28.2 Å². The summed E-state index contributed by atoms with van der Waals surface area (Å²) in [5.74, 6) is -1.77. The molecule has 8 heteroatoms. The highest BCUT2D eigenvalue weighted by molar-refractivity contribution is 7.91. The second-order valence-corrected chi connectivity index (χ2v) is 7.70. The van der Waals surface area contributed by atoms with Crippen LogP contribution in [-0.2, 0) is 14.6 Å². The summed E-state index contributed by atoms with van der Waals surface area (Å²) in [4.78, 5) is 12.1. The van der Waals surface area contributed by atoms with Gasteiger partial charge >= 0.3 is 0 Å². The highest BCUT2D eigenvalue weighted by Crippen LogP contribution is 2.15. The van der Waals surface area contributed by atoms with Crippen LogP contribution in [0.1, 0.15) is 13.3 Å². The summed E-state index contributed by atoms with van der Waals surface area (Å²) in [6, 6.07) is 4.63. The largest absolute Gasteiger partial charge is 0.352 e. The fourth-order valence-electron chi connectivity index (χ4n) is 2.35. The molecule has 24 heavy (non-hydrogen) atoms. The summed E-state index contributed by atoms with van der Waals surface area (Å²) in [6.45, 7) is 3.70. The monoisotopic (exact) mass is 376 g/mol. The number of carbonyl (C=O) groups excluding carboxylic acids is 1. The third-order valence-corrected chi connectivity index (χ3v) is 5.67. The zero-order valence-electron chi connectivity index (χ0n) is 13.4. The quantitative estimate of drug-likeness (QED) is 0.585. The molecule has 0 saturated carbocycles. The normalized spacial score (nSPS) is 15.8. The first-order valence-corrected chi connectivity index (χ1v) is 9.18. The minimum Gasteiger partial charge on any atom is -0.352 e. The molecule has 134 valence electrons. The van der Waals surface area contributed by atoms with Gasteiger partial charge in [-0.2, -0.15) is 0 Å². The molecule has 0 fully saturated rings. The van der Waals surface area contributed by atoms with Gasteiger partial charge in [-0.3, -0.25) is 4.79 Å². The van der Waals surface area contributed by atoms with Crippen molar-refractivity contribution in [3.63, 3.8) is 0 Å². The molecule has 1 amide bonds. The first-order chi connectivity index (χ1) is 10.9. The van der Waals surface area contributed by atoms with Gasteiger partial charge in [-0.15, -0.1) is 12.4 Å². The van der Waals surface area contributed by atoms with Crippen molar-refractivity contribution in [3.05, 3.63) is 41.7 Å². The van der Waals surface area contributed by atoms with Gasteiger partial charge < -0.3 is 10.6 Å². The Hall–Kier alpha value is -1.44. The number of benzene rings is 1. The molecule has 5 nitrogen and oxygen atoms in total. The number of nitrogens with one attached hydrogen (secondary N) is 2. The third kappa shape index (κ3) is 5.89. The van der Waals surface area contributed by atoms with E-state index >= 15 is 0 Å². The lowest BCUT2D eigenvalue weighted by molar-refractivity contribution is -0.123. The maximum absolute atomic E-state index is 12.9. The zero-order valence-corrected chi connectivity index (χ0v) is 15.1. The molecule has 1 heterocycles. The summed E-state index contributed by atoms with van der Waals surface area (Å²) in [5.41, 5.74) is 1.14. The number of carbonyl (C=O) groups is 1. The smallest absolute Gasteiger partial charge is 0.224 e. The highest BCUT2D eigenvalue weighted by Gasteiger charge is 2.23. The van der Waals surface area contributed by atoms with Gasteiger partial charge in [0.2, 0.25) is 5.91 Å². The van der Waals surface area contributed by atoms with Crippen LogP contribution in [0.3, 0.4) is 0 Å². The SMILES string of the molecule is CC(CS(=O)(=O)c1ccc(F)cc1)C(=O)NCC1=CCNCC1.Cl. The molecule has 2 rings (SSSR count). The first kappa shape index (κ1) is 20.6. The molecule has 1 aromatic rings. The van der Waals surface area contributed by atoms with Crippen LogP contribution in [0, 0.1) is 11.7 Å². The Kier molecular flexibility index (Phi) is 7.86. The Morgan fingerprint density at radius 1 is 1.33 bits per heavy atom. The van der Waals surface area contributed by atoms with Crippen molar-refractivity contribution in [1.29, 1.82) is 0 Å². The molecule has 1 atom stereocenters. The molecule has 1 aliphatic heterocycles. The molecule has 0 spiro atoms. The minimum absolute atomic E-state index is 0. The fourth-order valence-corrected chi connectivity index (χ4v) is 3.90. The topological polar surface area (TPSA) is 75.3 Å². The molecule has 1 unspecified atom stereocenters. The van der Waals surface area contributed by atoms with Crippen molar-refractivity contribution in [2.24, 2.45) is 5.92 Å². The van der Waals surface area contributed by atoms with Crippen LogP contribution in [0.5, 0.6) is 0 Å². The van der Waals surface area contributed by atoms with E-state index in [0.29, 0.717) is 6.54 Å². The lowest BCUT2D eigenvalue weighted by atomic mass is 10.1. The zero-order chi connectivity index (χ0) is 16.9. The standard InChI is InChI=1S/C16H21FN2O3S.ClH/c1-12(16(20)19-10-13-6-8-18-9-7-13)11-23(21,22)15-4-2-14(17)3-5-15;/h2-6,12,18H,7-11H2,1H3,(H,19,20);1H. The van der Waals surface area contributed by atoms with Crippen molar-refractivity contribution in [2.75, 3.05) is 25.4 Å². The predicted octanol–water partition coefficient (Wildman–Crippen LogP) is 1.69. The van der Waals surface area contributed by atoms with Crippen LogP contribution in [0.25, 0.3) is 0 Å². The number of sulfone groups is 1. The van der Waals surface area contributed by atoms with E-state index in [1.165, 1.54) is 12.1 Å². The first-order valence-electron chi connectivity index (χ1n) is 7.53. The van der Waals surface area contributed by atoms with E-state index in [9.17, 15) is 17.6 Å². The van der Waals surface area contributed by atoms with Crippen LogP contribution < -0.4 is 10.6 Å². The van der Waals surface area contributed by atoms with Gasteiger partial charge in [0.1, 0.15) is 5.82 Å². The highest BCUT2D eigenvalue weighted by atomic mass is 35.5. The van der Waals surface area contributed by atoms with Gasteiger partial charge in [0.05, 0.1) is 10.6 Å². The van der Waals surface area contributed by atoms with Gasteiger partial charge in [0.15, 0.2) is 9.84 Å². The van der Waals surface area contributed by atoms with Gasteiger partial charge in [-0.1, -0.05) is 18.6 Å². The fraction of sp³-hybridized carbons (Fsp3) is 0.438. The van der Waals surface area contributed by atoms with Crippen LogP contribution in [0.15, 0.2) is 40.8 Å². The lowest BCUT2D eigenvalue weighted by Gasteiger charge is -2.17. The number of rotatable bonds is 6. The average molecular weight is 377 g/mol. The Morgan fingerprint density at radius 3 is 2.58 bits per heavy atom.